The first-order valence-electron chi connectivity index (χ1n) is 5.80. The van der Waals surface area contributed by atoms with E-state index in [0.717, 1.165) is 38.6 Å². The summed E-state index contributed by atoms with van der Waals surface area (Å²) in [5, 5.41) is 0. The largest absolute Gasteiger partial charge is 0.393 e. The maximum Gasteiger partial charge on any atom is 0.0740 e. The third kappa shape index (κ3) is 5.44. The predicted molar refractivity (Wildman–Crippen MR) is 67.1 cm³/mol. The Morgan fingerprint density at radius 3 is 2.67 bits per heavy atom. The molecule has 3 nitrogen and oxygen atoms in total. The van der Waals surface area contributed by atoms with Crippen LogP contribution in [0.1, 0.15) is 26.2 Å². The van der Waals surface area contributed by atoms with Crippen LogP contribution < -0.4 is 5.73 Å². The highest BCUT2D eigenvalue weighted by atomic mass is 32.1. The maximum atomic E-state index is 5.51. The van der Waals surface area contributed by atoms with Crippen LogP contribution in [-0.4, -0.2) is 42.7 Å². The van der Waals surface area contributed by atoms with Gasteiger partial charge in [-0.2, -0.15) is 0 Å². The Balaban J connectivity index is 2.22. The van der Waals surface area contributed by atoms with Gasteiger partial charge in [-0.25, -0.2) is 0 Å². The highest BCUT2D eigenvalue weighted by molar-refractivity contribution is 7.80. The van der Waals surface area contributed by atoms with Crippen LogP contribution in [0.5, 0.6) is 0 Å². The molecule has 0 bridgehead atoms. The van der Waals surface area contributed by atoms with E-state index in [-0.39, 0.29) is 0 Å². The Morgan fingerprint density at radius 1 is 1.47 bits per heavy atom. The molecule has 0 spiro atoms. The third-order valence-corrected chi connectivity index (χ3v) is 3.18. The monoisotopic (exact) mass is 230 g/mol. The van der Waals surface area contributed by atoms with Gasteiger partial charge in [-0.05, 0) is 25.3 Å². The van der Waals surface area contributed by atoms with Crippen molar-refractivity contribution < 1.29 is 4.74 Å². The number of thiocarbonyl (C=S) groups is 1. The zero-order chi connectivity index (χ0) is 11.1. The van der Waals surface area contributed by atoms with Crippen LogP contribution in [0.4, 0.5) is 0 Å². The summed E-state index contributed by atoms with van der Waals surface area (Å²) in [6, 6.07) is 0. The highest BCUT2D eigenvalue weighted by Crippen LogP contribution is 2.16. The van der Waals surface area contributed by atoms with E-state index >= 15 is 0 Å². The van der Waals surface area contributed by atoms with E-state index < -0.39 is 0 Å². The average molecular weight is 230 g/mol. The van der Waals surface area contributed by atoms with Gasteiger partial charge < -0.3 is 15.4 Å². The molecule has 2 N–H and O–H groups in total. The number of rotatable bonds is 6. The van der Waals surface area contributed by atoms with Gasteiger partial charge in [0.2, 0.25) is 0 Å². The first kappa shape index (κ1) is 12.9. The fraction of sp³-hybridized carbons (Fsp3) is 0.909. The molecule has 1 heterocycles. The summed E-state index contributed by atoms with van der Waals surface area (Å²) >= 11 is 4.90. The molecule has 88 valence electrons. The molecule has 0 amide bonds. The summed E-state index contributed by atoms with van der Waals surface area (Å²) in [6.45, 7) is 7.31. The predicted octanol–water partition coefficient (Wildman–Crippen LogP) is 1.41. The second-order valence-corrected chi connectivity index (χ2v) is 4.69. The first-order valence-corrected chi connectivity index (χ1v) is 6.21. The lowest BCUT2D eigenvalue weighted by Gasteiger charge is -2.28. The first-order chi connectivity index (χ1) is 7.22. The van der Waals surface area contributed by atoms with Gasteiger partial charge in [0.15, 0.2) is 0 Å². The summed E-state index contributed by atoms with van der Waals surface area (Å²) < 4.78 is 5.35. The van der Waals surface area contributed by atoms with Crippen LogP contribution in [0.2, 0.25) is 0 Å². The Kier molecular flexibility index (Phi) is 6.13. The van der Waals surface area contributed by atoms with Crippen molar-refractivity contribution in [2.24, 2.45) is 11.7 Å². The Morgan fingerprint density at radius 2 is 2.13 bits per heavy atom. The second kappa shape index (κ2) is 7.14. The zero-order valence-electron chi connectivity index (χ0n) is 9.58. The molecule has 0 aromatic rings. The number of ether oxygens (including phenoxy) is 1. The fourth-order valence-electron chi connectivity index (χ4n) is 1.94. The highest BCUT2D eigenvalue weighted by Gasteiger charge is 2.16. The topological polar surface area (TPSA) is 38.5 Å². The zero-order valence-corrected chi connectivity index (χ0v) is 10.4. The Hall–Kier alpha value is -0.190. The van der Waals surface area contributed by atoms with Gasteiger partial charge in [-0.15, -0.1) is 0 Å². The molecule has 1 rings (SSSR count). The lowest BCUT2D eigenvalue weighted by Crippen LogP contribution is -2.34. The summed E-state index contributed by atoms with van der Waals surface area (Å²) in [5.74, 6) is 0.796. The van der Waals surface area contributed by atoms with Gasteiger partial charge >= 0.3 is 0 Å². The summed E-state index contributed by atoms with van der Waals surface area (Å²) in [5.41, 5.74) is 5.51. The third-order valence-electron chi connectivity index (χ3n) is 2.98. The molecular weight excluding hydrogens is 208 g/mol. The van der Waals surface area contributed by atoms with Gasteiger partial charge in [0, 0.05) is 32.7 Å². The van der Waals surface area contributed by atoms with Crippen LogP contribution in [-0.2, 0) is 4.74 Å². The molecular formula is C11H22N2OS. The van der Waals surface area contributed by atoms with E-state index in [4.69, 9.17) is 22.7 Å². The number of nitrogens with two attached hydrogens (primary N) is 1. The molecule has 15 heavy (non-hydrogen) atoms. The van der Waals surface area contributed by atoms with Gasteiger partial charge in [0.05, 0.1) is 4.99 Å². The molecule has 0 saturated carbocycles. The Labute approximate surface area is 98.0 Å². The van der Waals surface area contributed by atoms with Crippen LogP contribution >= 0.6 is 12.2 Å². The van der Waals surface area contributed by atoms with E-state index in [1.165, 1.54) is 19.4 Å². The van der Waals surface area contributed by atoms with Crippen molar-refractivity contribution in [3.63, 3.8) is 0 Å². The van der Waals surface area contributed by atoms with Crippen molar-refractivity contribution in [2.45, 2.75) is 26.2 Å². The van der Waals surface area contributed by atoms with Crippen molar-refractivity contribution >= 4 is 17.2 Å². The lowest BCUT2D eigenvalue weighted by molar-refractivity contribution is 0.0535. The van der Waals surface area contributed by atoms with E-state index in [2.05, 4.69) is 11.8 Å². The summed E-state index contributed by atoms with van der Waals surface area (Å²) in [7, 11) is 0. The van der Waals surface area contributed by atoms with Gasteiger partial charge in [-0.1, -0.05) is 19.1 Å². The molecule has 1 aliphatic heterocycles. The average Bonchev–Trinajstić information content (AvgIpc) is 2.25. The summed E-state index contributed by atoms with van der Waals surface area (Å²) in [6.07, 6.45) is 3.24. The van der Waals surface area contributed by atoms with Crippen molar-refractivity contribution in [2.75, 3.05) is 32.8 Å². The lowest BCUT2D eigenvalue weighted by atomic mass is 9.99. The van der Waals surface area contributed by atoms with Gasteiger partial charge in [-0.3, -0.25) is 0 Å². The van der Waals surface area contributed by atoms with E-state index in [9.17, 15) is 0 Å². The maximum absolute atomic E-state index is 5.51. The Bertz CT molecular complexity index is 193. The minimum atomic E-state index is 0.625. The van der Waals surface area contributed by atoms with Crippen LogP contribution in [0, 0.1) is 5.92 Å². The molecule has 0 radical (unpaired) electrons. The minimum absolute atomic E-state index is 0.625. The van der Waals surface area contributed by atoms with Crippen molar-refractivity contribution in [1.29, 1.82) is 0 Å². The van der Waals surface area contributed by atoms with Gasteiger partial charge in [0.25, 0.3) is 0 Å². The molecule has 0 aliphatic carbocycles. The SMILES string of the molecule is CCN(CCC(N)=S)CC1CCOCC1. The standard InChI is InChI=1S/C11H22N2OS/c1-2-13(6-3-11(12)15)9-10-4-7-14-8-5-10/h10H,2-9H2,1H3,(H2,12,15). The number of nitrogens with zero attached hydrogens (tertiary/aromatic N) is 1. The molecule has 0 atom stereocenters. The number of hydrogen-bond donors (Lipinski definition) is 1. The van der Waals surface area contributed by atoms with Crippen LogP contribution in [0.3, 0.4) is 0 Å². The van der Waals surface area contributed by atoms with Gasteiger partial charge in [0.1, 0.15) is 0 Å². The molecule has 0 aromatic heterocycles. The second-order valence-electron chi connectivity index (χ2n) is 4.17. The molecule has 1 saturated heterocycles. The molecule has 1 fully saturated rings. The summed E-state index contributed by atoms with van der Waals surface area (Å²) in [4.78, 5) is 3.07. The van der Waals surface area contributed by atoms with E-state index in [1.54, 1.807) is 0 Å². The number of hydrogen-bond acceptors (Lipinski definition) is 3. The quantitative estimate of drug-likeness (QED) is 0.700. The fourth-order valence-corrected chi connectivity index (χ4v) is 2.03. The van der Waals surface area contributed by atoms with Crippen molar-refractivity contribution in [3.05, 3.63) is 0 Å². The van der Waals surface area contributed by atoms with E-state index in [0.29, 0.717) is 4.99 Å². The smallest absolute Gasteiger partial charge is 0.0740 e. The minimum Gasteiger partial charge on any atom is -0.393 e. The molecule has 4 heteroatoms. The van der Waals surface area contributed by atoms with Crippen LogP contribution in [0.25, 0.3) is 0 Å². The van der Waals surface area contributed by atoms with Crippen molar-refractivity contribution in [1.82, 2.24) is 4.90 Å². The van der Waals surface area contributed by atoms with Crippen LogP contribution in [0.15, 0.2) is 0 Å². The van der Waals surface area contributed by atoms with E-state index in [1.807, 2.05) is 0 Å². The molecule has 0 unspecified atom stereocenters. The molecule has 1 aliphatic rings. The molecule has 0 aromatic carbocycles. The normalized spacial score (nSPS) is 18.3. The van der Waals surface area contributed by atoms with Crippen molar-refractivity contribution in [3.8, 4) is 0 Å².